The van der Waals surface area contributed by atoms with Gasteiger partial charge >= 0.3 is 0 Å². The molecule has 0 aromatic rings. The van der Waals surface area contributed by atoms with Crippen LogP contribution in [0.15, 0.2) is 0 Å². The normalized spacial score (nSPS) is 10.5. The molecule has 0 saturated carbocycles. The number of aliphatic hydroxyl groups is 1. The second-order valence-corrected chi connectivity index (χ2v) is 2.29. The topological polar surface area (TPSA) is 67.3 Å². The molecule has 5 N–H and O–H groups in total. The largest absolute Gasteiger partial charge is 0.394 e. The molecule has 0 unspecified atom stereocenters. The maximum absolute atomic E-state index is 8.53. The van der Waals surface area contributed by atoms with E-state index in [1.54, 1.807) is 0 Å². The van der Waals surface area contributed by atoms with Gasteiger partial charge in [-0.1, -0.05) is 0 Å². The van der Waals surface area contributed by atoms with Crippen molar-refractivity contribution in [2.45, 2.75) is 19.4 Å². The molecule has 3 heteroatoms. The summed E-state index contributed by atoms with van der Waals surface area (Å²) in [6.07, 6.45) is 0. The molecule has 0 aromatic carbocycles. The lowest BCUT2D eigenvalue weighted by molar-refractivity contribution is 0.197. The summed E-state index contributed by atoms with van der Waals surface area (Å²) in [5.41, 5.74) is -0.111. The standard InChI is InChI=1S/C5H13NO.H3N/c1-5(2,4-7)6-3;/h6-7H,4H2,1-3H3;1H3. The first-order valence-corrected chi connectivity index (χ1v) is 2.42. The van der Waals surface area contributed by atoms with E-state index in [-0.39, 0.29) is 18.3 Å². The third-order valence-corrected chi connectivity index (χ3v) is 1.07. The van der Waals surface area contributed by atoms with E-state index in [0.29, 0.717) is 0 Å². The van der Waals surface area contributed by atoms with Gasteiger partial charge in [0.15, 0.2) is 0 Å². The van der Waals surface area contributed by atoms with E-state index < -0.39 is 0 Å². The SMILES string of the molecule is CNC(C)(C)CO.N. The molecule has 52 valence electrons. The molecule has 0 saturated heterocycles. The van der Waals surface area contributed by atoms with Crippen molar-refractivity contribution in [3.8, 4) is 0 Å². The van der Waals surface area contributed by atoms with E-state index in [2.05, 4.69) is 5.32 Å². The zero-order valence-electron chi connectivity index (χ0n) is 5.86. The van der Waals surface area contributed by atoms with Crippen LogP contribution in [0, 0.1) is 0 Å². The van der Waals surface area contributed by atoms with Gasteiger partial charge in [-0.25, -0.2) is 0 Å². The third kappa shape index (κ3) is 4.05. The predicted octanol–water partition coefficient (Wildman–Crippen LogP) is 0.139. The Kier molecular flexibility index (Phi) is 5.17. The average Bonchev–Trinajstić information content (AvgIpc) is 1.68. The Hall–Kier alpha value is -0.120. The lowest BCUT2D eigenvalue weighted by atomic mass is 10.1. The molecule has 0 spiro atoms. The van der Waals surface area contributed by atoms with Gasteiger partial charge in [0.2, 0.25) is 0 Å². The highest BCUT2D eigenvalue weighted by atomic mass is 16.3. The number of likely N-dealkylation sites (N-methyl/N-ethyl adjacent to an activating group) is 1. The fraction of sp³-hybridized carbons (Fsp3) is 1.00. The summed E-state index contributed by atoms with van der Waals surface area (Å²) in [7, 11) is 1.83. The lowest BCUT2D eigenvalue weighted by Gasteiger charge is -2.19. The summed E-state index contributed by atoms with van der Waals surface area (Å²) in [4.78, 5) is 0. The summed E-state index contributed by atoms with van der Waals surface area (Å²) in [5.74, 6) is 0. The van der Waals surface area contributed by atoms with E-state index in [0.717, 1.165) is 0 Å². The number of rotatable bonds is 2. The van der Waals surface area contributed by atoms with Gasteiger partial charge in [0.1, 0.15) is 0 Å². The van der Waals surface area contributed by atoms with E-state index in [1.807, 2.05) is 20.9 Å². The maximum Gasteiger partial charge on any atom is 0.0607 e. The van der Waals surface area contributed by atoms with Crippen molar-refractivity contribution in [1.29, 1.82) is 0 Å². The van der Waals surface area contributed by atoms with E-state index in [9.17, 15) is 0 Å². The number of nitrogens with one attached hydrogen (secondary N) is 1. The second kappa shape index (κ2) is 3.83. The van der Waals surface area contributed by atoms with E-state index >= 15 is 0 Å². The van der Waals surface area contributed by atoms with Crippen molar-refractivity contribution in [1.82, 2.24) is 11.5 Å². The summed E-state index contributed by atoms with van der Waals surface area (Å²) in [5, 5.41) is 11.5. The molecule has 0 rings (SSSR count). The van der Waals surface area contributed by atoms with Gasteiger partial charge in [0.25, 0.3) is 0 Å². The Bertz CT molecular complexity index is 48.4. The maximum atomic E-state index is 8.53. The summed E-state index contributed by atoms with van der Waals surface area (Å²) in [6.45, 7) is 4.06. The van der Waals surface area contributed by atoms with E-state index in [4.69, 9.17) is 5.11 Å². The fourth-order valence-electron chi connectivity index (χ4n) is 0.0791. The first-order chi connectivity index (χ1) is 3.12. The van der Waals surface area contributed by atoms with Crippen LogP contribution in [0.4, 0.5) is 0 Å². The first kappa shape index (κ1) is 10.8. The molecule has 0 amide bonds. The van der Waals surface area contributed by atoms with Gasteiger partial charge in [-0.3, -0.25) is 0 Å². The quantitative estimate of drug-likeness (QED) is 0.485. The van der Waals surface area contributed by atoms with Gasteiger partial charge in [0.05, 0.1) is 6.61 Å². The van der Waals surface area contributed by atoms with Crippen molar-refractivity contribution in [2.75, 3.05) is 13.7 Å². The zero-order valence-corrected chi connectivity index (χ0v) is 5.86. The molecule has 0 aliphatic rings. The van der Waals surface area contributed by atoms with Crippen LogP contribution < -0.4 is 11.5 Å². The van der Waals surface area contributed by atoms with Crippen molar-refractivity contribution in [3.63, 3.8) is 0 Å². The molecule has 0 fully saturated rings. The van der Waals surface area contributed by atoms with Crippen LogP contribution in [0.1, 0.15) is 13.8 Å². The molecule has 0 aromatic heterocycles. The van der Waals surface area contributed by atoms with Crippen LogP contribution in [0.3, 0.4) is 0 Å². The monoisotopic (exact) mass is 120 g/mol. The minimum Gasteiger partial charge on any atom is -0.394 e. The second-order valence-electron chi connectivity index (χ2n) is 2.29. The molecule has 0 aliphatic carbocycles. The Morgan fingerprint density at radius 1 is 1.50 bits per heavy atom. The molecular weight excluding hydrogens is 104 g/mol. The minimum atomic E-state index is -0.111. The smallest absolute Gasteiger partial charge is 0.0607 e. The molecule has 0 bridgehead atoms. The molecule has 0 atom stereocenters. The highest BCUT2D eigenvalue weighted by Gasteiger charge is 2.10. The van der Waals surface area contributed by atoms with Crippen LogP contribution >= 0.6 is 0 Å². The van der Waals surface area contributed by atoms with Crippen molar-refractivity contribution < 1.29 is 5.11 Å². The number of hydrogen-bond donors (Lipinski definition) is 3. The summed E-state index contributed by atoms with van der Waals surface area (Å²) < 4.78 is 0. The third-order valence-electron chi connectivity index (χ3n) is 1.07. The Balaban J connectivity index is 0. The predicted molar refractivity (Wildman–Crippen MR) is 35.2 cm³/mol. The fourth-order valence-corrected chi connectivity index (χ4v) is 0.0791. The lowest BCUT2D eigenvalue weighted by Crippen LogP contribution is -2.39. The van der Waals surface area contributed by atoms with Gasteiger partial charge in [-0.2, -0.15) is 0 Å². The van der Waals surface area contributed by atoms with Gasteiger partial charge in [-0.05, 0) is 20.9 Å². The average molecular weight is 120 g/mol. The van der Waals surface area contributed by atoms with E-state index in [1.165, 1.54) is 0 Å². The van der Waals surface area contributed by atoms with Crippen LogP contribution in [0.5, 0.6) is 0 Å². The van der Waals surface area contributed by atoms with Crippen molar-refractivity contribution in [2.24, 2.45) is 0 Å². The van der Waals surface area contributed by atoms with Crippen LogP contribution in [-0.4, -0.2) is 24.3 Å². The number of aliphatic hydroxyl groups excluding tert-OH is 1. The Morgan fingerprint density at radius 3 is 1.88 bits per heavy atom. The van der Waals surface area contributed by atoms with Gasteiger partial charge < -0.3 is 16.6 Å². The van der Waals surface area contributed by atoms with Gasteiger partial charge in [-0.15, -0.1) is 0 Å². The molecule has 0 heterocycles. The van der Waals surface area contributed by atoms with Crippen LogP contribution in [0.25, 0.3) is 0 Å². The van der Waals surface area contributed by atoms with Crippen LogP contribution in [0.2, 0.25) is 0 Å². The highest BCUT2D eigenvalue weighted by molar-refractivity contribution is 4.72. The number of hydrogen-bond acceptors (Lipinski definition) is 3. The molecule has 3 nitrogen and oxygen atoms in total. The zero-order chi connectivity index (χ0) is 5.91. The first-order valence-electron chi connectivity index (χ1n) is 2.42. The summed E-state index contributed by atoms with van der Waals surface area (Å²) >= 11 is 0. The van der Waals surface area contributed by atoms with Crippen molar-refractivity contribution in [3.05, 3.63) is 0 Å². The molecule has 8 heavy (non-hydrogen) atoms. The molecule has 0 radical (unpaired) electrons. The highest BCUT2D eigenvalue weighted by Crippen LogP contribution is 1.95. The van der Waals surface area contributed by atoms with Crippen molar-refractivity contribution >= 4 is 0 Å². The summed E-state index contributed by atoms with van der Waals surface area (Å²) in [6, 6.07) is 0. The minimum absolute atomic E-state index is 0. The molecular formula is C5H16N2O. The Labute approximate surface area is 50.7 Å². The van der Waals surface area contributed by atoms with Crippen LogP contribution in [-0.2, 0) is 0 Å². The van der Waals surface area contributed by atoms with Gasteiger partial charge in [0, 0.05) is 5.54 Å². The Morgan fingerprint density at radius 2 is 1.88 bits per heavy atom. The molecule has 0 aliphatic heterocycles.